The molecule has 0 bridgehead atoms. The van der Waals surface area contributed by atoms with Crippen LogP contribution in [0.5, 0.6) is 5.75 Å². The summed E-state index contributed by atoms with van der Waals surface area (Å²) in [6, 6.07) is 18.1. The number of benzene rings is 3. The number of anilines is 2. The van der Waals surface area contributed by atoms with Crippen LogP contribution in [0.1, 0.15) is 12.5 Å². The molecule has 0 atom stereocenters. The monoisotopic (exact) mass is 440 g/mol. The lowest BCUT2D eigenvalue weighted by Crippen LogP contribution is -2.13. The van der Waals surface area contributed by atoms with Gasteiger partial charge in [0.15, 0.2) is 0 Å². The van der Waals surface area contributed by atoms with Crippen LogP contribution in [0.2, 0.25) is 0 Å². The van der Waals surface area contributed by atoms with E-state index in [1.165, 1.54) is 30.3 Å². The van der Waals surface area contributed by atoms with Crippen molar-refractivity contribution >= 4 is 33.4 Å². The van der Waals surface area contributed by atoms with Gasteiger partial charge in [0, 0.05) is 23.0 Å². The van der Waals surface area contributed by atoms with Gasteiger partial charge in [0.25, 0.3) is 10.0 Å². The molecular formula is C23H21FN2O4S. The van der Waals surface area contributed by atoms with Crippen molar-refractivity contribution in [1.82, 2.24) is 0 Å². The molecule has 3 rings (SSSR count). The number of hydrogen-bond acceptors (Lipinski definition) is 4. The summed E-state index contributed by atoms with van der Waals surface area (Å²) in [5.41, 5.74) is 1.59. The van der Waals surface area contributed by atoms with Crippen LogP contribution in [0.3, 0.4) is 0 Å². The minimum Gasteiger partial charge on any atom is -0.493 e. The quantitative estimate of drug-likeness (QED) is 0.498. The molecule has 2 N–H and O–H groups in total. The predicted octanol–water partition coefficient (Wildman–Crippen LogP) is 4.68. The standard InChI is InChI=1S/C23H21FN2O4S/c1-2-30-22-6-4-3-5-17(22)7-16-23(27)25-19-10-12-20(13-11-19)26-31(28,29)21-14-8-18(24)9-15-21/h3-16,26H,2H2,1H3,(H,25,27)/b16-7+. The summed E-state index contributed by atoms with van der Waals surface area (Å²) in [7, 11) is -3.84. The second kappa shape index (κ2) is 9.90. The van der Waals surface area contributed by atoms with Gasteiger partial charge in [-0.3, -0.25) is 9.52 Å². The zero-order valence-corrected chi connectivity index (χ0v) is 17.5. The Morgan fingerprint density at radius 2 is 1.61 bits per heavy atom. The number of carbonyl (C=O) groups is 1. The molecule has 160 valence electrons. The van der Waals surface area contributed by atoms with E-state index in [0.29, 0.717) is 23.7 Å². The number of ether oxygens (including phenoxy) is 1. The van der Waals surface area contributed by atoms with Crippen molar-refractivity contribution in [3.05, 3.63) is 90.3 Å². The van der Waals surface area contributed by atoms with Crippen molar-refractivity contribution in [3.8, 4) is 5.75 Å². The van der Waals surface area contributed by atoms with Gasteiger partial charge < -0.3 is 10.1 Å². The van der Waals surface area contributed by atoms with Crippen molar-refractivity contribution in [2.75, 3.05) is 16.6 Å². The van der Waals surface area contributed by atoms with Crippen molar-refractivity contribution in [2.45, 2.75) is 11.8 Å². The Balaban J connectivity index is 1.63. The molecule has 3 aromatic rings. The molecule has 0 aliphatic heterocycles. The van der Waals surface area contributed by atoms with Crippen LogP contribution >= 0.6 is 0 Å². The number of para-hydroxylation sites is 1. The molecule has 0 aromatic heterocycles. The van der Waals surface area contributed by atoms with E-state index in [9.17, 15) is 17.6 Å². The largest absolute Gasteiger partial charge is 0.493 e. The highest BCUT2D eigenvalue weighted by Crippen LogP contribution is 2.20. The molecule has 0 saturated heterocycles. The number of carbonyl (C=O) groups excluding carboxylic acids is 1. The minimum absolute atomic E-state index is 0.0521. The molecule has 3 aromatic carbocycles. The molecule has 0 heterocycles. The summed E-state index contributed by atoms with van der Waals surface area (Å²) < 4.78 is 45.6. The molecule has 0 unspecified atom stereocenters. The zero-order chi connectivity index (χ0) is 22.3. The van der Waals surface area contributed by atoms with E-state index >= 15 is 0 Å². The first-order valence-electron chi connectivity index (χ1n) is 9.47. The van der Waals surface area contributed by atoms with Gasteiger partial charge in [-0.05, 0) is 67.6 Å². The number of halogens is 1. The van der Waals surface area contributed by atoms with Gasteiger partial charge in [-0.2, -0.15) is 0 Å². The maximum absolute atomic E-state index is 13.0. The Morgan fingerprint density at radius 3 is 2.29 bits per heavy atom. The minimum atomic E-state index is -3.84. The zero-order valence-electron chi connectivity index (χ0n) is 16.7. The van der Waals surface area contributed by atoms with E-state index in [1.807, 2.05) is 31.2 Å². The van der Waals surface area contributed by atoms with Crippen LogP contribution < -0.4 is 14.8 Å². The fraction of sp³-hybridized carbons (Fsp3) is 0.0870. The number of hydrogen-bond donors (Lipinski definition) is 2. The van der Waals surface area contributed by atoms with E-state index in [2.05, 4.69) is 10.0 Å². The van der Waals surface area contributed by atoms with E-state index < -0.39 is 15.8 Å². The first-order chi connectivity index (χ1) is 14.9. The third kappa shape index (κ3) is 6.16. The fourth-order valence-corrected chi connectivity index (χ4v) is 3.76. The van der Waals surface area contributed by atoms with Crippen molar-refractivity contribution in [1.29, 1.82) is 0 Å². The lowest BCUT2D eigenvalue weighted by molar-refractivity contribution is -0.111. The molecule has 8 heteroatoms. The number of nitrogens with one attached hydrogen (secondary N) is 2. The van der Waals surface area contributed by atoms with E-state index in [0.717, 1.165) is 17.7 Å². The highest BCUT2D eigenvalue weighted by Gasteiger charge is 2.14. The highest BCUT2D eigenvalue weighted by molar-refractivity contribution is 7.92. The molecule has 0 radical (unpaired) electrons. The van der Waals surface area contributed by atoms with Crippen LogP contribution in [-0.4, -0.2) is 20.9 Å². The average Bonchev–Trinajstić information content (AvgIpc) is 2.75. The topological polar surface area (TPSA) is 84.5 Å². The normalized spacial score (nSPS) is 11.3. The lowest BCUT2D eigenvalue weighted by atomic mass is 10.2. The Morgan fingerprint density at radius 1 is 0.968 bits per heavy atom. The van der Waals surface area contributed by atoms with Gasteiger partial charge in [-0.25, -0.2) is 12.8 Å². The van der Waals surface area contributed by atoms with E-state index in [4.69, 9.17) is 4.74 Å². The van der Waals surface area contributed by atoms with Gasteiger partial charge in [0.1, 0.15) is 11.6 Å². The number of rotatable bonds is 8. The molecule has 6 nitrogen and oxygen atoms in total. The molecule has 0 spiro atoms. The molecule has 0 aliphatic carbocycles. The second-order valence-electron chi connectivity index (χ2n) is 6.43. The molecule has 0 aliphatic rings. The molecule has 0 fully saturated rings. The van der Waals surface area contributed by atoms with Crippen LogP contribution in [0.25, 0.3) is 6.08 Å². The Hall–Kier alpha value is -3.65. The first kappa shape index (κ1) is 22.0. The Kier molecular flexibility index (Phi) is 7.04. The van der Waals surface area contributed by atoms with Gasteiger partial charge in [-0.1, -0.05) is 18.2 Å². The summed E-state index contributed by atoms with van der Waals surface area (Å²) in [5.74, 6) is -0.174. The van der Waals surface area contributed by atoms with E-state index in [1.54, 1.807) is 18.2 Å². The molecule has 0 saturated carbocycles. The second-order valence-corrected chi connectivity index (χ2v) is 8.11. The molecular weight excluding hydrogens is 419 g/mol. The predicted molar refractivity (Wildman–Crippen MR) is 119 cm³/mol. The van der Waals surface area contributed by atoms with Crippen molar-refractivity contribution in [2.24, 2.45) is 0 Å². The van der Waals surface area contributed by atoms with E-state index in [-0.39, 0.29) is 10.8 Å². The lowest BCUT2D eigenvalue weighted by Gasteiger charge is -2.09. The smallest absolute Gasteiger partial charge is 0.261 e. The van der Waals surface area contributed by atoms with Crippen LogP contribution in [0.15, 0.2) is 83.8 Å². The van der Waals surface area contributed by atoms with Crippen LogP contribution in [-0.2, 0) is 14.8 Å². The van der Waals surface area contributed by atoms with Gasteiger partial charge in [-0.15, -0.1) is 0 Å². The maximum atomic E-state index is 13.0. The Bertz CT molecular complexity index is 1170. The number of sulfonamides is 1. The summed E-state index contributed by atoms with van der Waals surface area (Å²) >= 11 is 0. The van der Waals surface area contributed by atoms with Crippen molar-refractivity contribution in [3.63, 3.8) is 0 Å². The van der Waals surface area contributed by atoms with Gasteiger partial charge >= 0.3 is 0 Å². The third-order valence-corrected chi connectivity index (χ3v) is 5.56. The summed E-state index contributed by atoms with van der Waals surface area (Å²) in [5, 5.41) is 2.71. The summed E-state index contributed by atoms with van der Waals surface area (Å²) in [6.45, 7) is 2.41. The third-order valence-electron chi connectivity index (χ3n) is 4.16. The fourth-order valence-electron chi connectivity index (χ4n) is 2.70. The first-order valence-corrected chi connectivity index (χ1v) is 10.9. The van der Waals surface area contributed by atoms with Crippen LogP contribution in [0, 0.1) is 5.82 Å². The maximum Gasteiger partial charge on any atom is 0.261 e. The summed E-state index contributed by atoms with van der Waals surface area (Å²) in [4.78, 5) is 12.1. The van der Waals surface area contributed by atoms with Gasteiger partial charge in [0.2, 0.25) is 5.91 Å². The Labute approximate surface area is 180 Å². The average molecular weight is 440 g/mol. The highest BCUT2D eigenvalue weighted by atomic mass is 32.2. The summed E-state index contributed by atoms with van der Waals surface area (Å²) in [6.07, 6.45) is 3.05. The molecule has 1 amide bonds. The molecule has 31 heavy (non-hydrogen) atoms. The number of amides is 1. The van der Waals surface area contributed by atoms with Crippen LogP contribution in [0.4, 0.5) is 15.8 Å². The SMILES string of the molecule is CCOc1ccccc1/C=C/C(=O)Nc1ccc(NS(=O)(=O)c2ccc(F)cc2)cc1. The van der Waals surface area contributed by atoms with Gasteiger partial charge in [0.05, 0.1) is 11.5 Å². The van der Waals surface area contributed by atoms with Crippen molar-refractivity contribution < 1.29 is 22.3 Å².